The molecule has 0 fully saturated rings. The van der Waals surface area contributed by atoms with E-state index < -0.39 is 6.10 Å². The van der Waals surface area contributed by atoms with E-state index in [9.17, 15) is 5.11 Å². The summed E-state index contributed by atoms with van der Waals surface area (Å²) < 4.78 is 5.37. The molecule has 0 spiro atoms. The summed E-state index contributed by atoms with van der Waals surface area (Å²) in [5.41, 5.74) is 1.89. The van der Waals surface area contributed by atoms with Gasteiger partial charge in [-0.15, -0.1) is 0 Å². The number of nitrogens with one attached hydrogen (secondary N) is 1. The molecule has 0 aliphatic heterocycles. The Balaban J connectivity index is 1.90. The van der Waals surface area contributed by atoms with Crippen molar-refractivity contribution in [2.45, 2.75) is 13.0 Å². The maximum Gasteiger partial charge on any atom is 0.119 e. The van der Waals surface area contributed by atoms with E-state index in [2.05, 4.69) is 5.32 Å². The lowest BCUT2D eigenvalue weighted by Crippen LogP contribution is -2.11. The van der Waals surface area contributed by atoms with E-state index in [0.717, 1.165) is 17.0 Å². The SMILES string of the molecule is CCOc1ccc(C(O)CNc2ccccc2)cc1. The molecule has 3 nitrogen and oxygen atoms in total. The largest absolute Gasteiger partial charge is 0.494 e. The molecule has 1 unspecified atom stereocenters. The fourth-order valence-electron chi connectivity index (χ4n) is 1.84. The van der Waals surface area contributed by atoms with E-state index >= 15 is 0 Å². The van der Waals surface area contributed by atoms with Gasteiger partial charge in [-0.05, 0) is 36.8 Å². The predicted molar refractivity (Wildman–Crippen MR) is 77.5 cm³/mol. The van der Waals surface area contributed by atoms with Crippen LogP contribution < -0.4 is 10.1 Å². The van der Waals surface area contributed by atoms with Crippen molar-refractivity contribution in [3.8, 4) is 5.75 Å². The molecule has 0 aromatic heterocycles. The monoisotopic (exact) mass is 257 g/mol. The van der Waals surface area contributed by atoms with Crippen molar-refractivity contribution in [1.82, 2.24) is 0 Å². The van der Waals surface area contributed by atoms with Crippen LogP contribution in [0.15, 0.2) is 54.6 Å². The van der Waals surface area contributed by atoms with Gasteiger partial charge in [0.25, 0.3) is 0 Å². The van der Waals surface area contributed by atoms with Crippen LogP contribution in [-0.4, -0.2) is 18.3 Å². The highest BCUT2D eigenvalue weighted by Gasteiger charge is 2.07. The quantitative estimate of drug-likeness (QED) is 0.834. The third-order valence-corrected chi connectivity index (χ3v) is 2.85. The number of para-hydroxylation sites is 1. The van der Waals surface area contributed by atoms with Crippen LogP contribution in [0.3, 0.4) is 0 Å². The Kier molecular flexibility index (Phi) is 4.81. The first-order valence-corrected chi connectivity index (χ1v) is 6.49. The van der Waals surface area contributed by atoms with E-state index in [1.54, 1.807) is 0 Å². The number of aliphatic hydroxyl groups is 1. The van der Waals surface area contributed by atoms with Crippen molar-refractivity contribution >= 4 is 5.69 Å². The summed E-state index contributed by atoms with van der Waals surface area (Å²) in [6.07, 6.45) is -0.532. The van der Waals surface area contributed by atoms with Crippen molar-refractivity contribution in [2.24, 2.45) is 0 Å². The zero-order valence-corrected chi connectivity index (χ0v) is 11.0. The average Bonchev–Trinajstić information content (AvgIpc) is 2.47. The summed E-state index contributed by atoms with van der Waals surface area (Å²) in [7, 11) is 0. The molecule has 1 atom stereocenters. The molecule has 0 saturated heterocycles. The fourth-order valence-corrected chi connectivity index (χ4v) is 1.84. The summed E-state index contributed by atoms with van der Waals surface area (Å²) in [6, 6.07) is 17.4. The van der Waals surface area contributed by atoms with Gasteiger partial charge >= 0.3 is 0 Å². The van der Waals surface area contributed by atoms with Gasteiger partial charge in [0, 0.05) is 12.2 Å². The lowest BCUT2D eigenvalue weighted by atomic mass is 10.1. The number of ether oxygens (including phenoxy) is 1. The minimum atomic E-state index is -0.532. The molecule has 0 radical (unpaired) electrons. The standard InChI is InChI=1S/C16H19NO2/c1-2-19-15-10-8-13(9-11-15)16(18)12-17-14-6-4-3-5-7-14/h3-11,16-18H,2,12H2,1H3. The number of anilines is 1. The van der Waals surface area contributed by atoms with Gasteiger partial charge in [-0.1, -0.05) is 30.3 Å². The Morgan fingerprint density at radius 2 is 1.74 bits per heavy atom. The van der Waals surface area contributed by atoms with Crippen LogP contribution in [0.2, 0.25) is 0 Å². The molecule has 3 heteroatoms. The molecule has 0 amide bonds. The topological polar surface area (TPSA) is 41.5 Å². The number of hydrogen-bond acceptors (Lipinski definition) is 3. The first-order chi connectivity index (χ1) is 9.29. The molecule has 0 aliphatic rings. The summed E-state index contributed by atoms with van der Waals surface area (Å²) in [5, 5.41) is 13.3. The minimum Gasteiger partial charge on any atom is -0.494 e. The average molecular weight is 257 g/mol. The summed E-state index contributed by atoms with van der Waals surface area (Å²) in [6.45, 7) is 3.09. The number of rotatable bonds is 6. The Morgan fingerprint density at radius 1 is 1.05 bits per heavy atom. The van der Waals surface area contributed by atoms with Crippen LogP contribution >= 0.6 is 0 Å². The van der Waals surface area contributed by atoms with Crippen molar-refractivity contribution in [3.05, 3.63) is 60.2 Å². The number of aliphatic hydroxyl groups excluding tert-OH is 1. The van der Waals surface area contributed by atoms with Gasteiger partial charge in [0.2, 0.25) is 0 Å². The van der Waals surface area contributed by atoms with Gasteiger partial charge < -0.3 is 15.2 Å². The van der Waals surface area contributed by atoms with Crippen LogP contribution in [0.4, 0.5) is 5.69 Å². The molecule has 0 aliphatic carbocycles. The van der Waals surface area contributed by atoms with Gasteiger partial charge in [-0.3, -0.25) is 0 Å². The highest BCUT2D eigenvalue weighted by atomic mass is 16.5. The van der Waals surface area contributed by atoms with Crippen molar-refractivity contribution < 1.29 is 9.84 Å². The Hall–Kier alpha value is -2.00. The van der Waals surface area contributed by atoms with Crippen LogP contribution in [0, 0.1) is 0 Å². The van der Waals surface area contributed by atoms with Gasteiger partial charge in [0.1, 0.15) is 5.75 Å². The van der Waals surface area contributed by atoms with Crippen molar-refractivity contribution in [2.75, 3.05) is 18.5 Å². The van der Waals surface area contributed by atoms with E-state index in [1.165, 1.54) is 0 Å². The van der Waals surface area contributed by atoms with Gasteiger partial charge in [0.15, 0.2) is 0 Å². The molecule has 2 N–H and O–H groups in total. The minimum absolute atomic E-state index is 0.484. The van der Waals surface area contributed by atoms with Crippen LogP contribution in [0.25, 0.3) is 0 Å². The highest BCUT2D eigenvalue weighted by Crippen LogP contribution is 2.18. The fraction of sp³-hybridized carbons (Fsp3) is 0.250. The highest BCUT2D eigenvalue weighted by molar-refractivity contribution is 5.42. The van der Waals surface area contributed by atoms with E-state index in [4.69, 9.17) is 4.74 Å². The first-order valence-electron chi connectivity index (χ1n) is 6.49. The third-order valence-electron chi connectivity index (χ3n) is 2.85. The second-order valence-electron chi connectivity index (χ2n) is 4.26. The second-order valence-corrected chi connectivity index (χ2v) is 4.26. The smallest absolute Gasteiger partial charge is 0.119 e. The van der Waals surface area contributed by atoms with Crippen LogP contribution in [0.1, 0.15) is 18.6 Å². The van der Waals surface area contributed by atoms with E-state index in [-0.39, 0.29) is 0 Å². The summed E-state index contributed by atoms with van der Waals surface area (Å²) in [5.74, 6) is 0.828. The zero-order chi connectivity index (χ0) is 13.5. The normalized spacial score (nSPS) is 11.9. The van der Waals surface area contributed by atoms with E-state index in [0.29, 0.717) is 13.2 Å². The zero-order valence-electron chi connectivity index (χ0n) is 11.0. The lowest BCUT2D eigenvalue weighted by Gasteiger charge is -2.13. The van der Waals surface area contributed by atoms with Crippen molar-refractivity contribution in [1.29, 1.82) is 0 Å². The molecule has 2 aromatic carbocycles. The van der Waals surface area contributed by atoms with Crippen molar-refractivity contribution in [3.63, 3.8) is 0 Å². The van der Waals surface area contributed by atoms with E-state index in [1.807, 2.05) is 61.5 Å². The molecule has 19 heavy (non-hydrogen) atoms. The molecule has 2 aromatic rings. The molecular weight excluding hydrogens is 238 g/mol. The van der Waals surface area contributed by atoms with Crippen LogP contribution in [-0.2, 0) is 0 Å². The van der Waals surface area contributed by atoms with Gasteiger partial charge in [-0.25, -0.2) is 0 Å². The lowest BCUT2D eigenvalue weighted by molar-refractivity contribution is 0.191. The Labute approximate surface area is 113 Å². The molecule has 0 bridgehead atoms. The third kappa shape index (κ3) is 4.00. The summed E-state index contributed by atoms with van der Waals surface area (Å²) >= 11 is 0. The molecule has 0 heterocycles. The van der Waals surface area contributed by atoms with Gasteiger partial charge in [-0.2, -0.15) is 0 Å². The maximum atomic E-state index is 10.1. The Morgan fingerprint density at radius 3 is 2.37 bits per heavy atom. The molecule has 100 valence electrons. The second kappa shape index (κ2) is 6.81. The maximum absolute atomic E-state index is 10.1. The molecule has 2 rings (SSSR count). The number of benzene rings is 2. The van der Waals surface area contributed by atoms with Crippen LogP contribution in [0.5, 0.6) is 5.75 Å². The Bertz CT molecular complexity index is 482. The summed E-state index contributed by atoms with van der Waals surface area (Å²) in [4.78, 5) is 0. The molecule has 0 saturated carbocycles. The molecular formula is C16H19NO2. The number of hydrogen-bond donors (Lipinski definition) is 2. The predicted octanol–water partition coefficient (Wildman–Crippen LogP) is 3.23. The first kappa shape index (κ1) is 13.4. The van der Waals surface area contributed by atoms with Gasteiger partial charge in [0.05, 0.1) is 12.7 Å².